The van der Waals surface area contributed by atoms with Crippen LogP contribution in [-0.4, -0.2) is 0 Å². The lowest BCUT2D eigenvalue weighted by atomic mass is 9.73. The SMILES string of the molecule is CC1CCCC(N)(c2ccc(F)c(F)c2F)C1. The molecule has 1 aliphatic carbocycles. The van der Waals surface area contributed by atoms with Crippen LogP contribution in [0.25, 0.3) is 0 Å². The molecule has 0 amide bonds. The van der Waals surface area contributed by atoms with Crippen molar-refractivity contribution in [2.75, 3.05) is 0 Å². The molecule has 0 radical (unpaired) electrons. The van der Waals surface area contributed by atoms with E-state index in [-0.39, 0.29) is 5.56 Å². The molecule has 1 aliphatic rings. The molecule has 1 aromatic carbocycles. The maximum absolute atomic E-state index is 13.7. The third kappa shape index (κ3) is 2.18. The Morgan fingerprint density at radius 2 is 1.94 bits per heavy atom. The summed E-state index contributed by atoms with van der Waals surface area (Å²) in [7, 11) is 0. The van der Waals surface area contributed by atoms with E-state index in [1.54, 1.807) is 0 Å². The van der Waals surface area contributed by atoms with Gasteiger partial charge in [0.15, 0.2) is 17.5 Å². The second-order valence-electron chi connectivity index (χ2n) is 5.08. The molecule has 2 atom stereocenters. The third-order valence-electron chi connectivity index (χ3n) is 3.60. The van der Waals surface area contributed by atoms with Crippen LogP contribution < -0.4 is 5.73 Å². The molecule has 1 fully saturated rings. The molecule has 0 aliphatic heterocycles. The van der Waals surface area contributed by atoms with E-state index in [2.05, 4.69) is 0 Å². The highest BCUT2D eigenvalue weighted by Gasteiger charge is 2.36. The third-order valence-corrected chi connectivity index (χ3v) is 3.60. The van der Waals surface area contributed by atoms with E-state index in [0.717, 1.165) is 18.9 Å². The second kappa shape index (κ2) is 4.33. The van der Waals surface area contributed by atoms with E-state index >= 15 is 0 Å². The molecular formula is C13H16F3N. The van der Waals surface area contributed by atoms with Gasteiger partial charge in [-0.05, 0) is 24.8 Å². The Kier molecular flexibility index (Phi) is 3.17. The first-order chi connectivity index (χ1) is 7.94. The van der Waals surface area contributed by atoms with Crippen LogP contribution in [0.2, 0.25) is 0 Å². The van der Waals surface area contributed by atoms with Gasteiger partial charge in [0.2, 0.25) is 0 Å². The van der Waals surface area contributed by atoms with Gasteiger partial charge >= 0.3 is 0 Å². The molecule has 1 nitrogen and oxygen atoms in total. The summed E-state index contributed by atoms with van der Waals surface area (Å²) in [6, 6.07) is 2.22. The van der Waals surface area contributed by atoms with E-state index in [1.165, 1.54) is 6.07 Å². The summed E-state index contributed by atoms with van der Waals surface area (Å²) < 4.78 is 39.8. The number of benzene rings is 1. The Bertz CT molecular complexity index is 433. The zero-order valence-electron chi connectivity index (χ0n) is 9.77. The molecule has 0 aromatic heterocycles. The normalized spacial score (nSPS) is 29.4. The molecular weight excluding hydrogens is 227 g/mol. The number of nitrogens with two attached hydrogens (primary N) is 1. The number of hydrogen-bond donors (Lipinski definition) is 1. The van der Waals surface area contributed by atoms with Crippen molar-refractivity contribution < 1.29 is 13.2 Å². The molecule has 1 aromatic rings. The fourth-order valence-electron chi connectivity index (χ4n) is 2.75. The van der Waals surface area contributed by atoms with Crippen molar-refractivity contribution in [3.05, 3.63) is 35.1 Å². The first-order valence-corrected chi connectivity index (χ1v) is 5.87. The van der Waals surface area contributed by atoms with Crippen LogP contribution in [0, 0.1) is 23.4 Å². The summed E-state index contributed by atoms with van der Waals surface area (Å²) in [5.41, 5.74) is 5.40. The molecule has 2 rings (SSSR count). The average Bonchev–Trinajstić information content (AvgIpc) is 2.25. The van der Waals surface area contributed by atoms with E-state index in [9.17, 15) is 13.2 Å². The van der Waals surface area contributed by atoms with Gasteiger partial charge in [-0.25, -0.2) is 13.2 Å². The molecule has 2 unspecified atom stereocenters. The topological polar surface area (TPSA) is 26.0 Å². The molecule has 4 heteroatoms. The van der Waals surface area contributed by atoms with Gasteiger partial charge in [-0.15, -0.1) is 0 Å². The molecule has 0 bridgehead atoms. The quantitative estimate of drug-likeness (QED) is 0.751. The first kappa shape index (κ1) is 12.4. The fraction of sp³-hybridized carbons (Fsp3) is 0.538. The lowest BCUT2D eigenvalue weighted by Gasteiger charge is -2.37. The van der Waals surface area contributed by atoms with E-state index in [4.69, 9.17) is 5.73 Å². The first-order valence-electron chi connectivity index (χ1n) is 5.87. The van der Waals surface area contributed by atoms with Crippen LogP contribution >= 0.6 is 0 Å². The van der Waals surface area contributed by atoms with Crippen molar-refractivity contribution in [3.63, 3.8) is 0 Å². The van der Waals surface area contributed by atoms with Gasteiger partial charge < -0.3 is 5.73 Å². The molecule has 0 spiro atoms. The minimum Gasteiger partial charge on any atom is -0.321 e. The molecule has 2 N–H and O–H groups in total. The smallest absolute Gasteiger partial charge is 0.194 e. The second-order valence-corrected chi connectivity index (χ2v) is 5.08. The van der Waals surface area contributed by atoms with Crippen molar-refractivity contribution in [2.24, 2.45) is 11.7 Å². The summed E-state index contributed by atoms with van der Waals surface area (Å²) in [6.45, 7) is 2.04. The highest BCUT2D eigenvalue weighted by Crippen LogP contribution is 2.39. The molecule has 17 heavy (non-hydrogen) atoms. The summed E-state index contributed by atoms with van der Waals surface area (Å²) >= 11 is 0. The summed E-state index contributed by atoms with van der Waals surface area (Å²) in [4.78, 5) is 0. The lowest BCUT2D eigenvalue weighted by Crippen LogP contribution is -2.42. The van der Waals surface area contributed by atoms with Gasteiger partial charge in [-0.1, -0.05) is 25.8 Å². The number of halogens is 3. The fourth-order valence-corrected chi connectivity index (χ4v) is 2.75. The van der Waals surface area contributed by atoms with Crippen LogP contribution in [0.3, 0.4) is 0 Å². The molecule has 1 saturated carbocycles. The van der Waals surface area contributed by atoms with Crippen LogP contribution in [-0.2, 0) is 5.54 Å². The summed E-state index contributed by atoms with van der Waals surface area (Å²) in [6.07, 6.45) is 3.15. The predicted octanol–water partition coefficient (Wildman–Crippen LogP) is 3.47. The maximum Gasteiger partial charge on any atom is 0.194 e. The van der Waals surface area contributed by atoms with E-state index < -0.39 is 23.0 Å². The minimum absolute atomic E-state index is 0.1000. The van der Waals surface area contributed by atoms with Gasteiger partial charge in [-0.2, -0.15) is 0 Å². The standard InChI is InChI=1S/C13H16F3N/c1-8-3-2-6-13(17,7-8)9-4-5-10(14)12(16)11(9)15/h4-5,8H,2-3,6-7,17H2,1H3. The average molecular weight is 243 g/mol. The monoisotopic (exact) mass is 243 g/mol. The van der Waals surface area contributed by atoms with Crippen molar-refractivity contribution in [1.29, 1.82) is 0 Å². The van der Waals surface area contributed by atoms with E-state index in [0.29, 0.717) is 18.8 Å². The number of hydrogen-bond acceptors (Lipinski definition) is 1. The zero-order chi connectivity index (χ0) is 12.6. The Hall–Kier alpha value is -1.03. The van der Waals surface area contributed by atoms with Gasteiger partial charge in [0, 0.05) is 11.1 Å². The van der Waals surface area contributed by atoms with Crippen LogP contribution in [0.15, 0.2) is 12.1 Å². The van der Waals surface area contributed by atoms with Gasteiger partial charge in [0.05, 0.1) is 0 Å². The highest BCUT2D eigenvalue weighted by atomic mass is 19.2. The molecule has 0 saturated heterocycles. The van der Waals surface area contributed by atoms with Gasteiger partial charge in [0.1, 0.15) is 0 Å². The Morgan fingerprint density at radius 3 is 2.59 bits per heavy atom. The Balaban J connectivity index is 2.42. The number of rotatable bonds is 1. The zero-order valence-corrected chi connectivity index (χ0v) is 9.77. The largest absolute Gasteiger partial charge is 0.321 e. The summed E-state index contributed by atoms with van der Waals surface area (Å²) in [5, 5.41) is 0. The van der Waals surface area contributed by atoms with Gasteiger partial charge in [-0.3, -0.25) is 0 Å². The van der Waals surface area contributed by atoms with Crippen molar-refractivity contribution >= 4 is 0 Å². The maximum atomic E-state index is 13.7. The minimum atomic E-state index is -1.43. The predicted molar refractivity (Wildman–Crippen MR) is 59.8 cm³/mol. The van der Waals surface area contributed by atoms with Crippen molar-refractivity contribution in [3.8, 4) is 0 Å². The highest BCUT2D eigenvalue weighted by molar-refractivity contribution is 5.28. The van der Waals surface area contributed by atoms with Crippen LogP contribution in [0.1, 0.15) is 38.2 Å². The Morgan fingerprint density at radius 1 is 1.24 bits per heavy atom. The van der Waals surface area contributed by atoms with Crippen LogP contribution in [0.4, 0.5) is 13.2 Å². The van der Waals surface area contributed by atoms with Crippen LogP contribution in [0.5, 0.6) is 0 Å². The van der Waals surface area contributed by atoms with Crippen molar-refractivity contribution in [2.45, 2.75) is 38.1 Å². The van der Waals surface area contributed by atoms with E-state index in [1.807, 2.05) is 6.92 Å². The Labute approximate surface area is 98.8 Å². The molecule has 94 valence electrons. The molecule has 0 heterocycles. The van der Waals surface area contributed by atoms with Crippen molar-refractivity contribution in [1.82, 2.24) is 0 Å². The van der Waals surface area contributed by atoms with Gasteiger partial charge in [0.25, 0.3) is 0 Å². The summed E-state index contributed by atoms with van der Waals surface area (Å²) in [5.74, 6) is -3.35. The lowest BCUT2D eigenvalue weighted by molar-refractivity contribution is 0.230.